The first kappa shape index (κ1) is 90.2. The van der Waals surface area contributed by atoms with Gasteiger partial charge in [0, 0.05) is 37.6 Å². The van der Waals surface area contributed by atoms with Crippen molar-refractivity contribution >= 4 is 41.3 Å². The van der Waals surface area contributed by atoms with Gasteiger partial charge in [0.2, 0.25) is 23.5 Å². The Balaban J connectivity index is 0.0000176. The number of carbonyl (C=O) groups excluding carboxylic acids is 4. The zero-order valence-corrected chi connectivity index (χ0v) is 60.8. The second kappa shape index (κ2) is 44.4. The quantitative estimate of drug-likeness (QED) is 0.0277. The lowest BCUT2D eigenvalue weighted by Crippen LogP contribution is -2.73. The molecule has 7 rings (SSSR count). The van der Waals surface area contributed by atoms with Crippen LogP contribution in [0.1, 0.15) is 135 Å². The molecule has 2 aromatic rings. The van der Waals surface area contributed by atoms with E-state index in [-0.39, 0.29) is 12.6 Å². The highest BCUT2D eigenvalue weighted by Gasteiger charge is 2.61. The molecule has 5 fully saturated rings. The summed E-state index contributed by atoms with van der Waals surface area (Å²) in [6.07, 6.45) is -31.8. The molecule has 1 aromatic carbocycles. The maximum Gasteiger partial charge on any atom is 0.220 e. The highest BCUT2D eigenvalue weighted by molar-refractivity contribution is 7.03. The van der Waals surface area contributed by atoms with E-state index in [2.05, 4.69) is 32.5 Å². The van der Waals surface area contributed by atoms with Gasteiger partial charge in [-0.15, -0.1) is 5.10 Å². The second-order valence-corrected chi connectivity index (χ2v) is 27.9. The molecule has 0 saturated carbocycles. The van der Waals surface area contributed by atoms with Crippen LogP contribution in [0.25, 0.3) is 17.3 Å². The number of hydrogen-bond acceptors (Lipinski definition) is 34. The van der Waals surface area contributed by atoms with Crippen molar-refractivity contribution in [3.8, 4) is 11.3 Å². The van der Waals surface area contributed by atoms with Crippen molar-refractivity contribution in [2.45, 2.75) is 301 Å². The summed E-state index contributed by atoms with van der Waals surface area (Å²) >= 11 is 1.18. The van der Waals surface area contributed by atoms with Gasteiger partial charge in [0.25, 0.3) is 0 Å². The summed E-state index contributed by atoms with van der Waals surface area (Å²) in [5.74, 6) is -8.20. The van der Waals surface area contributed by atoms with Gasteiger partial charge in [0.1, 0.15) is 128 Å². The van der Waals surface area contributed by atoms with Crippen molar-refractivity contribution in [2.75, 3.05) is 39.6 Å². The van der Waals surface area contributed by atoms with Crippen molar-refractivity contribution in [2.24, 2.45) is 0 Å². The molecule has 5 aliphatic rings. The van der Waals surface area contributed by atoms with E-state index < -0.39 is 241 Å². The van der Waals surface area contributed by atoms with E-state index in [0.717, 1.165) is 51.5 Å². The Morgan fingerprint density at radius 3 is 1.68 bits per heavy atom. The van der Waals surface area contributed by atoms with Gasteiger partial charge < -0.3 is 161 Å². The number of benzene rings is 1. The number of amides is 3. The van der Waals surface area contributed by atoms with E-state index in [4.69, 9.17) is 47.4 Å². The topological polar surface area (TPSA) is 606 Å². The van der Waals surface area contributed by atoms with Crippen LogP contribution in [-0.4, -0.2) is 326 Å². The Morgan fingerprint density at radius 2 is 1.12 bits per heavy atom. The van der Waals surface area contributed by atoms with Gasteiger partial charge in [-0.2, -0.15) is 0 Å². The Labute approximate surface area is 617 Å². The number of hydrogen-bond donors (Lipinski definition) is 20. The fourth-order valence-corrected chi connectivity index (χ4v) is 13.9. The molecule has 6 heterocycles. The summed E-state index contributed by atoms with van der Waals surface area (Å²) in [5, 5.41) is 205. The number of aliphatic carboxylic acids is 1. The van der Waals surface area contributed by atoms with Gasteiger partial charge in [-0.1, -0.05) is 138 Å². The molecule has 38 heteroatoms. The molecule has 106 heavy (non-hydrogen) atoms. The van der Waals surface area contributed by atoms with Crippen LogP contribution in [0.2, 0.25) is 0 Å². The van der Waals surface area contributed by atoms with Crippen LogP contribution in [0.3, 0.4) is 0 Å². The van der Waals surface area contributed by atoms with Gasteiger partial charge in [-0.3, -0.25) is 14.4 Å². The van der Waals surface area contributed by atoms with E-state index in [1.165, 1.54) is 75.4 Å². The molecule has 0 aliphatic carbocycles. The number of ether oxygens (including phenoxy) is 10. The molecule has 3 amide bonds. The number of quaternary nitrogens is 1. The smallest absolute Gasteiger partial charge is 0.220 e. The first-order valence-corrected chi connectivity index (χ1v) is 36.8. The summed E-state index contributed by atoms with van der Waals surface area (Å²) in [5.41, 5.74) is 2.09. The van der Waals surface area contributed by atoms with Crippen LogP contribution >= 0.6 is 11.5 Å². The number of carbonyl (C=O) groups is 4. The number of aromatic nitrogens is 2. The summed E-state index contributed by atoms with van der Waals surface area (Å²) in [6.45, 7) is -2.13. The van der Waals surface area contributed by atoms with Gasteiger partial charge >= 0.3 is 0 Å². The summed E-state index contributed by atoms with van der Waals surface area (Å²) in [6, 6.07) is 2.16. The highest BCUT2D eigenvalue weighted by Crippen LogP contribution is 2.41. The molecule has 23 N–H and O–H groups in total. The highest BCUT2D eigenvalue weighted by atomic mass is 32.1. The molecule has 606 valence electrons. The zero-order chi connectivity index (χ0) is 76.7. The third kappa shape index (κ3) is 24.4. The van der Waals surface area contributed by atoms with E-state index in [9.17, 15) is 106 Å². The zero-order valence-electron chi connectivity index (χ0n) is 60.0. The molecule has 0 spiro atoms. The molecular formula is C68H112N6O31S. The molecule has 5 saturated heterocycles. The lowest BCUT2D eigenvalue weighted by molar-refractivity contribution is -0.421. The third-order valence-electron chi connectivity index (χ3n) is 19.3. The van der Waals surface area contributed by atoms with Gasteiger partial charge in [-0.25, -0.2) is 0 Å². The normalized spacial score (nSPS) is 34.7. The fraction of sp³-hybridized carbons (Fsp3) is 0.794. The monoisotopic (exact) mass is 1540 g/mol. The van der Waals surface area contributed by atoms with Crippen molar-refractivity contribution in [1.29, 1.82) is 0 Å². The molecule has 0 radical (unpaired) electrons. The first-order valence-electron chi connectivity index (χ1n) is 35.9. The van der Waals surface area contributed by atoms with E-state index in [0.29, 0.717) is 17.7 Å². The van der Waals surface area contributed by atoms with E-state index in [1.807, 2.05) is 0 Å². The molecule has 2 unspecified atom stereocenters. The lowest BCUT2D eigenvalue weighted by atomic mass is 9.88. The van der Waals surface area contributed by atoms with Gasteiger partial charge in [0.15, 0.2) is 25.2 Å². The van der Waals surface area contributed by atoms with Crippen LogP contribution in [0.15, 0.2) is 35.7 Å². The number of aliphatic hydroxyl groups excluding tert-OH is 16. The number of carboxylic acids is 1. The molecule has 28 atom stereocenters. The van der Waals surface area contributed by atoms with Crippen molar-refractivity contribution in [1.82, 2.24) is 31.7 Å². The summed E-state index contributed by atoms with van der Waals surface area (Å²) in [4.78, 5) is 52.9. The van der Waals surface area contributed by atoms with E-state index in [1.54, 1.807) is 35.7 Å². The van der Waals surface area contributed by atoms with Crippen molar-refractivity contribution in [3.05, 3.63) is 41.3 Å². The molecule has 1 aromatic heterocycles. The predicted octanol–water partition coefficient (Wildman–Crippen LogP) is -5.03. The first-order chi connectivity index (χ1) is 50.2. The minimum absolute atomic E-state index is 0. The predicted molar refractivity (Wildman–Crippen MR) is 366 cm³/mol. The summed E-state index contributed by atoms with van der Waals surface area (Å²) in [7, 11) is 0. The average molecular weight is 1540 g/mol. The summed E-state index contributed by atoms with van der Waals surface area (Å²) < 4.78 is 63.6. The Bertz CT molecular complexity index is 2920. The lowest BCUT2D eigenvalue weighted by Gasteiger charge is -2.54. The maximum atomic E-state index is 13.7. The van der Waals surface area contributed by atoms with Crippen LogP contribution in [-0.2, 0) is 66.5 Å². The standard InChI is InChI=1S/C68H109N5O31S.H3N/c1-4-5-6-7-8-9-10-11-12-13-14-15-16-17-18-19-47(84)71-38(40(81)25-22-36-20-23-37(24-21-36)39-33-105-73-72-39)32-95-64-56(91)54(89)58(45(30-77)98-64)100-66-57(92)62(104-68(67(93)94)26-41(82)48(69-34(2)79)61(103-68)50(85)42(83)27-74)59(46(31-78)99-66)101-63-49(70-35(3)80)60(52(87)44(29-76)96-63)102-65-55(90)53(88)51(86)43(28-75)97-65;/h20-25,33,38,40-46,48-66,74-78,81-83,85-92H,4-19,26-32H2,1-3H3,(H,69,79)(H,70,80)(H,71,84)(H,93,94);1H3/b25-22+;/t38-,40+,41-,42+,43+,44+,45+,46+,48?,49+,50+,51-,52-,53-,54+,55+,56+,57+,58+,59-,60+,61?,62+,63-,64+,65-,66-,68-;/m0./s1. The van der Waals surface area contributed by atoms with Crippen LogP contribution in [0, 0.1) is 0 Å². The number of unbranched alkanes of at least 4 members (excludes halogenated alkanes) is 14. The molecule has 37 nitrogen and oxygen atoms in total. The number of carboxylic acid groups (broad SMARTS) is 1. The number of rotatable bonds is 42. The Morgan fingerprint density at radius 1 is 0.613 bits per heavy atom. The van der Waals surface area contributed by atoms with Crippen molar-refractivity contribution in [3.63, 3.8) is 0 Å². The van der Waals surface area contributed by atoms with Crippen molar-refractivity contribution < 1.29 is 153 Å². The fourth-order valence-electron chi connectivity index (χ4n) is 13.4. The maximum absolute atomic E-state index is 13.7. The molecular weight excluding hydrogens is 1430 g/mol. The number of aliphatic hydroxyl groups is 16. The van der Waals surface area contributed by atoms with Gasteiger partial charge in [0.05, 0.1) is 63.9 Å². The van der Waals surface area contributed by atoms with Crippen LogP contribution < -0.4 is 27.2 Å². The van der Waals surface area contributed by atoms with E-state index >= 15 is 0 Å². The van der Waals surface area contributed by atoms with Gasteiger partial charge in [-0.05, 0) is 23.5 Å². The number of nitrogens with one attached hydrogen (secondary N) is 3. The molecule has 5 aliphatic heterocycles. The van der Waals surface area contributed by atoms with Crippen LogP contribution in [0.5, 0.6) is 0 Å². The largest absolute Gasteiger partial charge is 0.544 e. The minimum Gasteiger partial charge on any atom is -0.544 e. The number of nitrogens with zero attached hydrogens (tertiary/aromatic N) is 2. The van der Waals surface area contributed by atoms with Crippen LogP contribution in [0.4, 0.5) is 0 Å². The third-order valence-corrected chi connectivity index (χ3v) is 19.8. The SMILES string of the molecule is CCCCCCCCCCCCCCCCCC(=O)N[C@@H](CO[C@@H]1O[C@H](CO)[C@@H](O[C@@H]2O[C@H](CO)[C@H](O[C@@H]3O[C@H](CO)[C@H](O)[C@H](O[C@@H]4O[C@H](CO)[C@H](O)[C@H](O)[C@H]4O)[C@H]3NC(C)=O)[C@H](O[C@]3(C(=O)[O-])C[C@H](O)C(NC(C)=O)C([C@H](O)[C@H](O)CO)O3)[C@H]2O)[C@H](O)[C@H]1O)[C@H](O)/C=C/c1ccc(-c2csnn2)cc1.[NH4+]. The second-order valence-electron chi connectivity index (χ2n) is 27.3. The Hall–Kier alpha value is -4.68. The minimum atomic E-state index is -3.51. The Kier molecular flexibility index (Phi) is 37.8. The average Bonchev–Trinajstić information content (AvgIpc) is 0.799. The molecule has 0 bridgehead atoms.